The van der Waals surface area contributed by atoms with E-state index in [1.807, 2.05) is 18.2 Å². The molecule has 10 heavy (non-hydrogen) atoms. The molecule has 0 amide bonds. The number of halogens is 2. The normalized spacial score (nSPS) is 8.40. The summed E-state index contributed by atoms with van der Waals surface area (Å²) in [6.45, 7) is 0. The molecule has 1 aromatic rings. The predicted octanol–water partition coefficient (Wildman–Crippen LogP) is 1.46. The van der Waals surface area contributed by atoms with Crippen LogP contribution < -0.4 is 0 Å². The van der Waals surface area contributed by atoms with Gasteiger partial charge < -0.3 is 0 Å². The molecule has 1 nitrogen and oxygen atoms in total. The maximum Gasteiger partial charge on any atom is 0.0267 e. The van der Waals surface area contributed by atoms with Gasteiger partial charge in [-0.3, -0.25) is 4.98 Å². The molecular formula is C6H8AsCl2N. The molecule has 0 spiro atoms. The number of nitrogens with zero attached hydrogens (tertiary/aromatic N) is 1. The van der Waals surface area contributed by atoms with Crippen molar-refractivity contribution in [2.45, 2.75) is 3.62 Å². The summed E-state index contributed by atoms with van der Waals surface area (Å²) in [6.07, 6.45) is 3.50. The van der Waals surface area contributed by atoms with Crippen LogP contribution in [0.25, 0.3) is 0 Å². The van der Waals surface area contributed by atoms with E-state index in [0.717, 1.165) is 0 Å². The Morgan fingerprint density at radius 1 is 1.10 bits per heavy atom. The molecule has 0 aliphatic rings. The maximum absolute atomic E-state index is 5.07. The van der Waals surface area contributed by atoms with Crippen molar-refractivity contribution in [1.29, 1.82) is 0 Å². The van der Waals surface area contributed by atoms with Crippen LogP contribution in [0.15, 0.2) is 30.6 Å². The molecule has 0 fully saturated rings. The number of hydrogen-bond acceptors (Lipinski definition) is 1. The van der Waals surface area contributed by atoms with Crippen LogP contribution in [0.4, 0.5) is 0 Å². The molecule has 0 aliphatic carbocycles. The van der Waals surface area contributed by atoms with Crippen molar-refractivity contribution >= 4 is 40.1 Å². The molecule has 1 atom stereocenters. The Hall–Kier alpha value is 0.288. The summed E-state index contributed by atoms with van der Waals surface area (Å²) >= 11 is 11.5. The molecule has 1 heterocycles. The third-order valence-corrected chi connectivity index (χ3v) is 0.566. The Morgan fingerprint density at radius 3 is 1.60 bits per heavy atom. The molecule has 0 saturated heterocycles. The van der Waals surface area contributed by atoms with Crippen molar-refractivity contribution in [3.63, 3.8) is 0 Å². The van der Waals surface area contributed by atoms with Crippen LogP contribution in [-0.2, 0) is 0 Å². The van der Waals surface area contributed by atoms with Crippen molar-refractivity contribution in [2.75, 3.05) is 0 Å². The largest absolute Gasteiger partial charge is 0.265 e. The Bertz CT molecular complexity index is 116. The van der Waals surface area contributed by atoms with Crippen LogP contribution in [0.1, 0.15) is 0 Å². The van der Waals surface area contributed by atoms with Gasteiger partial charge in [0.1, 0.15) is 0 Å². The molecular weight excluding hydrogens is 232 g/mol. The second kappa shape index (κ2) is 7.40. The molecule has 0 saturated carbocycles. The van der Waals surface area contributed by atoms with Crippen LogP contribution in [-0.4, -0.2) is 25.5 Å². The number of aromatic nitrogens is 1. The first-order valence-corrected chi connectivity index (χ1v) is 4.89. The zero-order valence-electron chi connectivity index (χ0n) is 5.24. The third kappa shape index (κ3) is 11.1. The smallest absolute Gasteiger partial charge is 0.0267 e. The van der Waals surface area contributed by atoms with Gasteiger partial charge in [-0.05, 0) is 12.1 Å². The number of rotatable bonds is 0. The van der Waals surface area contributed by atoms with Crippen LogP contribution in [0.5, 0.6) is 0 Å². The predicted molar refractivity (Wildman–Crippen MR) is 48.3 cm³/mol. The van der Waals surface area contributed by atoms with E-state index in [1.54, 1.807) is 12.4 Å². The SMILES string of the molecule is ClC(Cl)[AsH2].c1ccncc1. The first-order chi connectivity index (χ1) is 4.73. The third-order valence-electron chi connectivity index (χ3n) is 0.566. The van der Waals surface area contributed by atoms with Crippen LogP contribution >= 0.6 is 23.2 Å². The minimum Gasteiger partial charge on any atom is -0.265 e. The van der Waals surface area contributed by atoms with Crippen molar-refractivity contribution in [1.82, 2.24) is 4.98 Å². The van der Waals surface area contributed by atoms with Gasteiger partial charge in [0.15, 0.2) is 0 Å². The summed E-state index contributed by atoms with van der Waals surface area (Å²) in [5.74, 6) is 0. The summed E-state index contributed by atoms with van der Waals surface area (Å²) in [5.41, 5.74) is 0. The van der Waals surface area contributed by atoms with Gasteiger partial charge in [0.2, 0.25) is 0 Å². The molecule has 56 valence electrons. The number of pyridine rings is 1. The first-order valence-electron chi connectivity index (χ1n) is 2.62. The number of hydrogen-bond donors (Lipinski definition) is 0. The summed E-state index contributed by atoms with van der Waals surface area (Å²) in [5, 5.41) is 0. The Morgan fingerprint density at radius 2 is 1.50 bits per heavy atom. The van der Waals surface area contributed by atoms with Gasteiger partial charge in [-0.2, -0.15) is 0 Å². The van der Waals surface area contributed by atoms with Gasteiger partial charge in [-0.25, -0.2) is 0 Å². The standard InChI is InChI=1S/C5H5N.CH3AsCl2/c1-2-4-6-5-3-1;2-1(3)4/h1-5H;1H,2H2. The summed E-state index contributed by atoms with van der Waals surface area (Å²) in [7, 11) is 0. The van der Waals surface area contributed by atoms with Crippen molar-refractivity contribution in [2.24, 2.45) is 0 Å². The van der Waals surface area contributed by atoms with Crippen LogP contribution in [0.2, 0.25) is 0 Å². The average molecular weight is 240 g/mol. The fourth-order valence-corrected chi connectivity index (χ4v) is 0.313. The van der Waals surface area contributed by atoms with Crippen LogP contribution in [0.3, 0.4) is 0 Å². The molecule has 0 N–H and O–H groups in total. The molecule has 1 unspecified atom stereocenters. The van der Waals surface area contributed by atoms with E-state index in [9.17, 15) is 0 Å². The summed E-state index contributed by atoms with van der Waals surface area (Å²) < 4.78 is -0.160. The van der Waals surface area contributed by atoms with E-state index in [2.05, 4.69) is 4.98 Å². The van der Waals surface area contributed by atoms with E-state index >= 15 is 0 Å². The molecule has 0 radical (unpaired) electrons. The Kier molecular flexibility index (Phi) is 7.61. The van der Waals surface area contributed by atoms with E-state index in [-0.39, 0.29) is 3.62 Å². The zero-order chi connectivity index (χ0) is 7.82. The monoisotopic (exact) mass is 239 g/mol. The van der Waals surface area contributed by atoms with Crippen molar-refractivity contribution < 1.29 is 0 Å². The topological polar surface area (TPSA) is 12.9 Å². The quantitative estimate of drug-likeness (QED) is 0.494. The van der Waals surface area contributed by atoms with Gasteiger partial charge >= 0.3 is 43.7 Å². The summed E-state index contributed by atoms with van der Waals surface area (Å²) in [6, 6.07) is 5.72. The van der Waals surface area contributed by atoms with Gasteiger partial charge in [-0.1, -0.05) is 6.07 Å². The van der Waals surface area contributed by atoms with Gasteiger partial charge in [0.05, 0.1) is 0 Å². The second-order valence-electron chi connectivity index (χ2n) is 1.36. The zero-order valence-corrected chi connectivity index (χ0v) is 9.18. The van der Waals surface area contributed by atoms with Gasteiger partial charge in [-0.15, -0.1) is 0 Å². The van der Waals surface area contributed by atoms with Gasteiger partial charge in [0, 0.05) is 12.4 Å². The Balaban J connectivity index is 0.000000180. The fourth-order valence-electron chi connectivity index (χ4n) is 0.313. The van der Waals surface area contributed by atoms with Crippen molar-refractivity contribution in [3.05, 3.63) is 30.6 Å². The van der Waals surface area contributed by atoms with E-state index in [0.29, 0.717) is 0 Å². The molecule has 0 bridgehead atoms. The fraction of sp³-hybridized carbons (Fsp3) is 0.167. The minimum atomic E-state index is -0.160. The first kappa shape index (κ1) is 10.3. The van der Waals surface area contributed by atoms with Gasteiger partial charge in [0.25, 0.3) is 0 Å². The molecule has 0 aromatic carbocycles. The summed E-state index contributed by atoms with van der Waals surface area (Å²) in [4.78, 5) is 3.78. The van der Waals surface area contributed by atoms with Crippen LogP contribution in [0, 0.1) is 0 Å². The average Bonchev–Trinajstić information content (AvgIpc) is 1.90. The van der Waals surface area contributed by atoms with E-state index in [1.165, 1.54) is 16.9 Å². The second-order valence-corrected chi connectivity index (χ2v) is 5.69. The molecule has 1 rings (SSSR count). The van der Waals surface area contributed by atoms with E-state index < -0.39 is 0 Å². The minimum absolute atomic E-state index is 0.160. The van der Waals surface area contributed by atoms with Crippen molar-refractivity contribution in [3.8, 4) is 0 Å². The molecule has 4 heteroatoms. The number of alkyl halides is 2. The maximum atomic E-state index is 5.07. The molecule has 0 aliphatic heterocycles. The van der Waals surface area contributed by atoms with E-state index in [4.69, 9.17) is 23.2 Å². The molecule has 1 aromatic heterocycles. The Labute approximate surface area is 79.2 Å².